The average Bonchev–Trinajstić information content (AvgIpc) is 3.03. The van der Waals surface area contributed by atoms with E-state index in [-0.39, 0.29) is 24.0 Å². The zero-order valence-corrected chi connectivity index (χ0v) is 19.1. The summed E-state index contributed by atoms with van der Waals surface area (Å²) in [4.78, 5) is 6.82. The molecule has 1 aliphatic rings. The predicted molar refractivity (Wildman–Crippen MR) is 125 cm³/mol. The van der Waals surface area contributed by atoms with Crippen LogP contribution in [-0.2, 0) is 18.6 Å². The Morgan fingerprint density at radius 2 is 1.93 bits per heavy atom. The third-order valence-electron chi connectivity index (χ3n) is 5.11. The van der Waals surface area contributed by atoms with Crippen molar-refractivity contribution in [1.29, 1.82) is 0 Å². The molecule has 6 heteroatoms. The van der Waals surface area contributed by atoms with Crippen LogP contribution in [-0.4, -0.2) is 43.2 Å². The van der Waals surface area contributed by atoms with Crippen LogP contribution >= 0.6 is 24.0 Å². The van der Waals surface area contributed by atoms with E-state index in [4.69, 9.17) is 9.73 Å². The first-order valence-corrected chi connectivity index (χ1v) is 9.49. The van der Waals surface area contributed by atoms with Gasteiger partial charge in [0.25, 0.3) is 0 Å². The van der Waals surface area contributed by atoms with Gasteiger partial charge in [0.2, 0.25) is 0 Å². The molecule has 0 saturated heterocycles. The zero-order valence-electron chi connectivity index (χ0n) is 16.8. The van der Waals surface area contributed by atoms with Crippen molar-refractivity contribution in [3.8, 4) is 5.75 Å². The van der Waals surface area contributed by atoms with Gasteiger partial charge in [-0.25, -0.2) is 4.99 Å². The second kappa shape index (κ2) is 10.1. The van der Waals surface area contributed by atoms with Gasteiger partial charge in [-0.3, -0.25) is 0 Å². The fourth-order valence-corrected chi connectivity index (χ4v) is 3.67. The number of hydrogen-bond donors (Lipinski definition) is 2. The van der Waals surface area contributed by atoms with Crippen molar-refractivity contribution in [2.45, 2.75) is 31.9 Å². The Labute approximate surface area is 184 Å². The smallest absolute Gasteiger partial charge is 0.194 e. The van der Waals surface area contributed by atoms with Crippen LogP contribution < -0.4 is 10.1 Å². The highest BCUT2D eigenvalue weighted by atomic mass is 127. The summed E-state index contributed by atoms with van der Waals surface area (Å²) < 4.78 is 5.46. The number of aliphatic hydroxyl groups is 1. The van der Waals surface area contributed by atoms with Crippen LogP contribution in [0.15, 0.2) is 53.5 Å². The molecular formula is C22H30IN3O2. The first kappa shape index (κ1) is 22.5. The molecule has 0 aliphatic heterocycles. The first-order chi connectivity index (χ1) is 13.1. The highest BCUT2D eigenvalue weighted by molar-refractivity contribution is 14.0. The van der Waals surface area contributed by atoms with E-state index >= 15 is 0 Å². The molecule has 2 aromatic carbocycles. The fourth-order valence-electron chi connectivity index (χ4n) is 3.67. The number of aryl methyl sites for hydroxylation is 1. The third kappa shape index (κ3) is 4.97. The van der Waals surface area contributed by atoms with Gasteiger partial charge in [-0.15, -0.1) is 24.0 Å². The molecule has 0 spiro atoms. The average molecular weight is 495 g/mol. The minimum atomic E-state index is -0.886. The first-order valence-electron chi connectivity index (χ1n) is 9.49. The van der Waals surface area contributed by atoms with Gasteiger partial charge >= 0.3 is 0 Å². The Kier molecular flexibility index (Phi) is 8.12. The maximum Gasteiger partial charge on any atom is 0.194 e. The molecule has 0 bridgehead atoms. The number of fused-ring (bicyclic) bond motifs is 1. The maximum atomic E-state index is 11.1. The van der Waals surface area contributed by atoms with Gasteiger partial charge in [0.05, 0.1) is 13.7 Å². The number of benzene rings is 2. The Bertz CT molecular complexity index is 812. The number of hydrogen-bond acceptors (Lipinski definition) is 3. The number of nitrogens with zero attached hydrogens (tertiary/aromatic N) is 2. The summed E-state index contributed by atoms with van der Waals surface area (Å²) in [5, 5.41) is 14.5. The molecule has 1 unspecified atom stereocenters. The van der Waals surface area contributed by atoms with Crippen molar-refractivity contribution in [1.82, 2.24) is 10.2 Å². The normalized spacial score (nSPS) is 18.2. The zero-order chi connectivity index (χ0) is 19.3. The summed E-state index contributed by atoms with van der Waals surface area (Å²) in [7, 11) is 3.69. The van der Waals surface area contributed by atoms with E-state index in [1.807, 2.05) is 50.4 Å². The Morgan fingerprint density at radius 3 is 2.68 bits per heavy atom. The molecule has 3 rings (SSSR count). The Hall–Kier alpha value is -1.80. The molecule has 0 radical (unpaired) electrons. The largest absolute Gasteiger partial charge is 0.496 e. The lowest BCUT2D eigenvalue weighted by atomic mass is 9.96. The number of guanidine groups is 1. The van der Waals surface area contributed by atoms with Crippen LogP contribution in [0, 0.1) is 0 Å². The third-order valence-corrected chi connectivity index (χ3v) is 5.11. The van der Waals surface area contributed by atoms with Gasteiger partial charge in [-0.05, 0) is 37.0 Å². The van der Waals surface area contributed by atoms with E-state index in [2.05, 4.69) is 22.3 Å². The molecule has 0 fully saturated rings. The van der Waals surface area contributed by atoms with Crippen LogP contribution in [0.4, 0.5) is 0 Å². The topological polar surface area (TPSA) is 57.1 Å². The monoisotopic (exact) mass is 495 g/mol. The van der Waals surface area contributed by atoms with Crippen molar-refractivity contribution in [3.05, 3.63) is 65.2 Å². The van der Waals surface area contributed by atoms with Gasteiger partial charge in [0, 0.05) is 25.7 Å². The standard InChI is InChI=1S/C22H29N3O2.HI/c1-4-23-21(25(2)15-18-10-6-8-12-20(18)27-3)24-16-22(26)14-13-17-9-5-7-11-19(17)22;/h5-12,26H,4,13-16H2,1-3H3,(H,23,24);1H. The van der Waals surface area contributed by atoms with Gasteiger partial charge in [0.15, 0.2) is 5.96 Å². The minimum absolute atomic E-state index is 0. The quantitative estimate of drug-likeness (QED) is 0.366. The number of aliphatic imine (C=N–C) groups is 1. The number of ether oxygens (including phenoxy) is 1. The minimum Gasteiger partial charge on any atom is -0.496 e. The maximum absolute atomic E-state index is 11.1. The molecule has 0 amide bonds. The van der Waals surface area contributed by atoms with E-state index in [9.17, 15) is 5.11 Å². The number of methoxy groups -OCH3 is 1. The Morgan fingerprint density at radius 1 is 1.21 bits per heavy atom. The lowest BCUT2D eigenvalue weighted by Crippen LogP contribution is -2.40. The van der Waals surface area contributed by atoms with Crippen LogP contribution in [0.2, 0.25) is 0 Å². The van der Waals surface area contributed by atoms with Crippen molar-refractivity contribution in [3.63, 3.8) is 0 Å². The summed E-state index contributed by atoms with van der Waals surface area (Å²) in [6, 6.07) is 16.1. The number of rotatable bonds is 6. The van der Waals surface area contributed by atoms with E-state index < -0.39 is 5.60 Å². The molecule has 0 heterocycles. The van der Waals surface area contributed by atoms with Crippen molar-refractivity contribution in [2.24, 2.45) is 4.99 Å². The van der Waals surface area contributed by atoms with Gasteiger partial charge in [-0.2, -0.15) is 0 Å². The highest BCUT2D eigenvalue weighted by Crippen LogP contribution is 2.36. The second-order valence-corrected chi connectivity index (χ2v) is 7.03. The summed E-state index contributed by atoms with van der Waals surface area (Å²) in [6.45, 7) is 3.84. The fraction of sp³-hybridized carbons (Fsp3) is 0.409. The molecule has 28 heavy (non-hydrogen) atoms. The van der Waals surface area contributed by atoms with Gasteiger partial charge in [-0.1, -0.05) is 42.5 Å². The Balaban J connectivity index is 0.00000280. The number of halogens is 1. The predicted octanol–water partition coefficient (Wildman–Crippen LogP) is 3.54. The van der Waals surface area contributed by atoms with Gasteiger partial charge in [0.1, 0.15) is 11.4 Å². The molecule has 5 nitrogen and oxygen atoms in total. The van der Waals surface area contributed by atoms with Crippen LogP contribution in [0.25, 0.3) is 0 Å². The SMILES string of the molecule is CCNC(=NCC1(O)CCc2ccccc21)N(C)Cc1ccccc1OC.I. The molecular weight excluding hydrogens is 465 g/mol. The summed E-state index contributed by atoms with van der Waals surface area (Å²) >= 11 is 0. The van der Waals surface area contributed by atoms with Crippen LogP contribution in [0.3, 0.4) is 0 Å². The van der Waals surface area contributed by atoms with Crippen LogP contribution in [0.1, 0.15) is 30.0 Å². The summed E-state index contributed by atoms with van der Waals surface area (Å²) in [6.07, 6.45) is 1.61. The molecule has 2 N–H and O–H groups in total. The van der Waals surface area contributed by atoms with Crippen molar-refractivity contribution < 1.29 is 9.84 Å². The second-order valence-electron chi connectivity index (χ2n) is 7.03. The van der Waals surface area contributed by atoms with E-state index in [1.165, 1.54) is 5.56 Å². The lowest BCUT2D eigenvalue weighted by molar-refractivity contribution is 0.0483. The van der Waals surface area contributed by atoms with Crippen LogP contribution in [0.5, 0.6) is 5.75 Å². The van der Waals surface area contributed by atoms with Crippen molar-refractivity contribution in [2.75, 3.05) is 27.2 Å². The lowest BCUT2D eigenvalue weighted by Gasteiger charge is -2.26. The van der Waals surface area contributed by atoms with Crippen molar-refractivity contribution >= 4 is 29.9 Å². The highest BCUT2D eigenvalue weighted by Gasteiger charge is 2.36. The number of para-hydroxylation sites is 1. The molecule has 152 valence electrons. The summed E-state index contributed by atoms with van der Waals surface area (Å²) in [5.41, 5.74) is 2.44. The van der Waals surface area contributed by atoms with E-state index in [1.54, 1.807) is 7.11 Å². The molecule has 0 aromatic heterocycles. The molecule has 1 atom stereocenters. The summed E-state index contributed by atoms with van der Waals surface area (Å²) in [5.74, 6) is 1.64. The number of nitrogens with one attached hydrogen (secondary N) is 1. The van der Waals surface area contributed by atoms with E-state index in [0.29, 0.717) is 19.5 Å². The molecule has 2 aromatic rings. The molecule has 0 saturated carbocycles. The molecule has 1 aliphatic carbocycles. The van der Waals surface area contributed by atoms with Gasteiger partial charge < -0.3 is 20.1 Å². The van der Waals surface area contributed by atoms with E-state index in [0.717, 1.165) is 35.8 Å².